The number of benzene rings is 1. The average molecular weight is 254 g/mol. The van der Waals surface area contributed by atoms with Crippen molar-refractivity contribution in [3.8, 4) is 0 Å². The second-order valence-electron chi connectivity index (χ2n) is 4.00. The van der Waals surface area contributed by atoms with E-state index in [4.69, 9.17) is 5.73 Å². The summed E-state index contributed by atoms with van der Waals surface area (Å²) >= 11 is 3.65. The Labute approximate surface area is 93.8 Å². The highest BCUT2D eigenvalue weighted by atomic mass is 79.9. The van der Waals surface area contributed by atoms with E-state index in [1.165, 1.54) is 34.0 Å². The Morgan fingerprint density at radius 2 is 2.29 bits per heavy atom. The van der Waals surface area contributed by atoms with E-state index < -0.39 is 0 Å². The SMILES string of the molecule is CCc1cc(Br)c2c(c1)[C@@H](N)CCC2. The fourth-order valence-electron chi connectivity index (χ4n) is 2.17. The minimum Gasteiger partial charge on any atom is -0.324 e. The van der Waals surface area contributed by atoms with Crippen molar-refractivity contribution in [1.29, 1.82) is 0 Å². The smallest absolute Gasteiger partial charge is 0.0298 e. The number of hydrogen-bond acceptors (Lipinski definition) is 1. The van der Waals surface area contributed by atoms with E-state index in [2.05, 4.69) is 35.0 Å². The molecule has 0 aliphatic heterocycles. The molecule has 0 bridgehead atoms. The third kappa shape index (κ3) is 1.73. The second kappa shape index (κ2) is 4.03. The Kier molecular flexibility index (Phi) is 2.93. The topological polar surface area (TPSA) is 26.0 Å². The summed E-state index contributed by atoms with van der Waals surface area (Å²) in [5.41, 5.74) is 10.3. The molecule has 1 aromatic rings. The molecule has 0 fully saturated rings. The molecule has 0 radical (unpaired) electrons. The third-order valence-electron chi connectivity index (χ3n) is 3.04. The van der Waals surface area contributed by atoms with Gasteiger partial charge in [-0.1, -0.05) is 28.9 Å². The monoisotopic (exact) mass is 253 g/mol. The van der Waals surface area contributed by atoms with E-state index in [1.807, 2.05) is 0 Å². The number of aryl methyl sites for hydroxylation is 1. The Hall–Kier alpha value is -0.340. The molecule has 0 amide bonds. The molecular formula is C12H16BrN. The summed E-state index contributed by atoms with van der Waals surface area (Å²) in [5.74, 6) is 0. The van der Waals surface area contributed by atoms with Crippen molar-refractivity contribution in [2.24, 2.45) is 5.73 Å². The van der Waals surface area contributed by atoms with E-state index in [1.54, 1.807) is 0 Å². The standard InChI is InChI=1S/C12H16BrN/c1-2-8-6-10-9(11(13)7-8)4-3-5-12(10)14/h6-7,12H,2-5,14H2,1H3/t12-/m0/s1. The number of hydrogen-bond donors (Lipinski definition) is 1. The van der Waals surface area contributed by atoms with Gasteiger partial charge in [0, 0.05) is 10.5 Å². The lowest BCUT2D eigenvalue weighted by atomic mass is 9.87. The summed E-state index contributed by atoms with van der Waals surface area (Å²) in [6, 6.07) is 4.77. The van der Waals surface area contributed by atoms with Gasteiger partial charge in [-0.3, -0.25) is 0 Å². The van der Waals surface area contributed by atoms with Gasteiger partial charge in [0.2, 0.25) is 0 Å². The quantitative estimate of drug-likeness (QED) is 0.817. The number of nitrogens with two attached hydrogens (primary N) is 1. The predicted molar refractivity (Wildman–Crippen MR) is 63.4 cm³/mol. The van der Waals surface area contributed by atoms with Gasteiger partial charge in [-0.25, -0.2) is 0 Å². The van der Waals surface area contributed by atoms with Gasteiger partial charge in [0.15, 0.2) is 0 Å². The molecular weight excluding hydrogens is 238 g/mol. The molecule has 1 aliphatic rings. The first-order valence-corrected chi connectivity index (χ1v) is 6.08. The first-order valence-electron chi connectivity index (χ1n) is 5.29. The summed E-state index contributed by atoms with van der Waals surface area (Å²) < 4.78 is 1.25. The van der Waals surface area contributed by atoms with Crippen molar-refractivity contribution < 1.29 is 0 Å². The van der Waals surface area contributed by atoms with Crippen LogP contribution in [0.25, 0.3) is 0 Å². The second-order valence-corrected chi connectivity index (χ2v) is 4.85. The third-order valence-corrected chi connectivity index (χ3v) is 3.75. The first kappa shape index (κ1) is 10.2. The zero-order chi connectivity index (χ0) is 10.1. The van der Waals surface area contributed by atoms with Gasteiger partial charge >= 0.3 is 0 Å². The van der Waals surface area contributed by atoms with Gasteiger partial charge in [0.25, 0.3) is 0 Å². The van der Waals surface area contributed by atoms with Crippen LogP contribution in [-0.2, 0) is 12.8 Å². The van der Waals surface area contributed by atoms with Gasteiger partial charge in [-0.05, 0) is 48.4 Å². The maximum atomic E-state index is 6.12. The van der Waals surface area contributed by atoms with Crippen LogP contribution < -0.4 is 5.73 Å². The lowest BCUT2D eigenvalue weighted by Crippen LogP contribution is -2.18. The van der Waals surface area contributed by atoms with Gasteiger partial charge in [0.05, 0.1) is 0 Å². The molecule has 14 heavy (non-hydrogen) atoms. The minimum absolute atomic E-state index is 0.251. The average Bonchev–Trinajstić information content (AvgIpc) is 2.19. The highest BCUT2D eigenvalue weighted by molar-refractivity contribution is 9.10. The van der Waals surface area contributed by atoms with Gasteiger partial charge in [0.1, 0.15) is 0 Å². The molecule has 0 unspecified atom stereocenters. The van der Waals surface area contributed by atoms with E-state index >= 15 is 0 Å². The molecule has 1 atom stereocenters. The number of rotatable bonds is 1. The van der Waals surface area contributed by atoms with Crippen LogP contribution in [0.4, 0.5) is 0 Å². The Morgan fingerprint density at radius 3 is 3.00 bits per heavy atom. The van der Waals surface area contributed by atoms with Crippen LogP contribution in [0.2, 0.25) is 0 Å². The van der Waals surface area contributed by atoms with E-state index in [0.717, 1.165) is 12.8 Å². The molecule has 1 aliphatic carbocycles. The van der Waals surface area contributed by atoms with Crippen LogP contribution in [-0.4, -0.2) is 0 Å². The Morgan fingerprint density at radius 1 is 1.50 bits per heavy atom. The molecule has 0 saturated carbocycles. The maximum Gasteiger partial charge on any atom is 0.0298 e. The van der Waals surface area contributed by atoms with Crippen molar-refractivity contribution in [1.82, 2.24) is 0 Å². The molecule has 0 saturated heterocycles. The molecule has 0 heterocycles. The largest absolute Gasteiger partial charge is 0.324 e. The van der Waals surface area contributed by atoms with Gasteiger partial charge in [-0.2, -0.15) is 0 Å². The zero-order valence-electron chi connectivity index (χ0n) is 8.52. The van der Waals surface area contributed by atoms with E-state index in [-0.39, 0.29) is 6.04 Å². The van der Waals surface area contributed by atoms with Crippen molar-refractivity contribution in [2.45, 2.75) is 38.6 Å². The summed E-state index contributed by atoms with van der Waals surface area (Å²) in [4.78, 5) is 0. The zero-order valence-corrected chi connectivity index (χ0v) is 10.1. The molecule has 0 aromatic heterocycles. The van der Waals surface area contributed by atoms with Crippen molar-refractivity contribution in [2.75, 3.05) is 0 Å². The molecule has 2 rings (SSSR count). The normalized spacial score (nSPS) is 20.6. The van der Waals surface area contributed by atoms with Crippen LogP contribution in [0.1, 0.15) is 42.5 Å². The summed E-state index contributed by atoms with van der Waals surface area (Å²) in [5, 5.41) is 0. The summed E-state index contributed by atoms with van der Waals surface area (Å²) in [6.45, 7) is 2.18. The fraction of sp³-hybridized carbons (Fsp3) is 0.500. The summed E-state index contributed by atoms with van der Waals surface area (Å²) in [6.07, 6.45) is 4.61. The first-order chi connectivity index (χ1) is 6.72. The summed E-state index contributed by atoms with van der Waals surface area (Å²) in [7, 11) is 0. The molecule has 1 aromatic carbocycles. The molecule has 0 spiro atoms. The van der Waals surface area contributed by atoms with E-state index in [9.17, 15) is 0 Å². The van der Waals surface area contributed by atoms with Crippen molar-refractivity contribution in [3.63, 3.8) is 0 Å². The highest BCUT2D eigenvalue weighted by Crippen LogP contribution is 2.34. The Bertz CT molecular complexity index is 346. The van der Waals surface area contributed by atoms with Crippen LogP contribution in [0.5, 0.6) is 0 Å². The lowest BCUT2D eigenvalue weighted by Gasteiger charge is -2.24. The predicted octanol–water partition coefficient (Wildman–Crippen LogP) is 3.35. The maximum absolute atomic E-state index is 6.12. The molecule has 2 N–H and O–H groups in total. The fourth-order valence-corrected chi connectivity index (χ4v) is 2.89. The van der Waals surface area contributed by atoms with Crippen LogP contribution >= 0.6 is 15.9 Å². The lowest BCUT2D eigenvalue weighted by molar-refractivity contribution is 0.568. The minimum atomic E-state index is 0.251. The number of fused-ring (bicyclic) bond motifs is 1. The van der Waals surface area contributed by atoms with Gasteiger partial charge < -0.3 is 5.73 Å². The van der Waals surface area contributed by atoms with Gasteiger partial charge in [-0.15, -0.1) is 0 Å². The number of halogens is 1. The van der Waals surface area contributed by atoms with Crippen LogP contribution in [0.3, 0.4) is 0 Å². The van der Waals surface area contributed by atoms with Crippen molar-refractivity contribution in [3.05, 3.63) is 33.3 Å². The highest BCUT2D eigenvalue weighted by Gasteiger charge is 2.19. The van der Waals surface area contributed by atoms with Crippen LogP contribution in [0.15, 0.2) is 16.6 Å². The van der Waals surface area contributed by atoms with Crippen LogP contribution in [0, 0.1) is 0 Å². The van der Waals surface area contributed by atoms with E-state index in [0.29, 0.717) is 0 Å². The van der Waals surface area contributed by atoms with Crippen molar-refractivity contribution >= 4 is 15.9 Å². The Balaban J connectivity index is 2.51. The molecule has 76 valence electrons. The molecule has 2 heteroatoms. The molecule has 1 nitrogen and oxygen atoms in total.